The van der Waals surface area contributed by atoms with E-state index in [-0.39, 0.29) is 5.78 Å². The maximum atomic E-state index is 11.9. The predicted molar refractivity (Wildman–Crippen MR) is 80.2 cm³/mol. The van der Waals surface area contributed by atoms with E-state index in [0.717, 1.165) is 11.1 Å². The van der Waals surface area contributed by atoms with E-state index in [1.165, 1.54) is 6.08 Å². The summed E-state index contributed by atoms with van der Waals surface area (Å²) in [6, 6.07) is 7.04. The Morgan fingerprint density at radius 3 is 2.55 bits per heavy atom. The van der Waals surface area contributed by atoms with Crippen LogP contribution in [0.4, 0.5) is 10.5 Å². The van der Waals surface area contributed by atoms with E-state index in [1.807, 2.05) is 25.1 Å². The van der Waals surface area contributed by atoms with Crippen molar-refractivity contribution in [2.24, 2.45) is 4.99 Å². The Bertz CT molecular complexity index is 667. The largest absolute Gasteiger partial charge is 0.345 e. The van der Waals surface area contributed by atoms with Gasteiger partial charge in [0.1, 0.15) is 0 Å². The molecule has 1 aliphatic rings. The third-order valence-electron chi connectivity index (χ3n) is 3.20. The number of carbonyl (C=O) groups excluding carboxylic acids is 2. The lowest BCUT2D eigenvalue weighted by Gasteiger charge is -2.10. The molecule has 102 valence electrons. The molecule has 0 atom stereocenters. The first-order chi connectivity index (χ1) is 9.47. The summed E-state index contributed by atoms with van der Waals surface area (Å²) < 4.78 is 0. The van der Waals surface area contributed by atoms with Gasteiger partial charge in [0, 0.05) is 11.3 Å². The number of allylic oxidation sites excluding steroid dienone is 4. The van der Waals surface area contributed by atoms with Gasteiger partial charge in [0.25, 0.3) is 0 Å². The molecule has 2 amide bonds. The number of hydrogen-bond donors (Lipinski definition) is 1. The van der Waals surface area contributed by atoms with Crippen LogP contribution in [-0.4, -0.2) is 17.5 Å². The fraction of sp³-hybridized carbons (Fsp3) is 0.188. The molecule has 0 fully saturated rings. The fourth-order valence-corrected chi connectivity index (χ4v) is 1.89. The number of urea groups is 1. The number of ketones is 1. The van der Waals surface area contributed by atoms with Gasteiger partial charge in [-0.3, -0.25) is 4.79 Å². The monoisotopic (exact) mass is 268 g/mol. The van der Waals surface area contributed by atoms with Crippen molar-refractivity contribution < 1.29 is 9.59 Å². The van der Waals surface area contributed by atoms with Gasteiger partial charge in [0.05, 0.1) is 5.71 Å². The van der Waals surface area contributed by atoms with E-state index in [4.69, 9.17) is 0 Å². The van der Waals surface area contributed by atoms with Crippen molar-refractivity contribution in [2.45, 2.75) is 20.8 Å². The minimum Gasteiger partial charge on any atom is -0.306 e. The van der Waals surface area contributed by atoms with Crippen LogP contribution in [0.1, 0.15) is 19.4 Å². The van der Waals surface area contributed by atoms with Crippen LogP contribution in [0.15, 0.2) is 52.6 Å². The summed E-state index contributed by atoms with van der Waals surface area (Å²) in [5, 5.41) is 2.71. The van der Waals surface area contributed by atoms with Gasteiger partial charge in [-0.05, 0) is 56.2 Å². The fourth-order valence-electron chi connectivity index (χ4n) is 1.89. The predicted octanol–water partition coefficient (Wildman–Crippen LogP) is 3.44. The van der Waals surface area contributed by atoms with Crippen LogP contribution in [-0.2, 0) is 4.79 Å². The van der Waals surface area contributed by atoms with Gasteiger partial charge in [0.15, 0.2) is 5.78 Å². The average Bonchev–Trinajstić information content (AvgIpc) is 2.39. The zero-order valence-corrected chi connectivity index (χ0v) is 11.7. The number of amides is 2. The topological polar surface area (TPSA) is 58.5 Å². The Kier molecular flexibility index (Phi) is 3.94. The van der Waals surface area contributed by atoms with Crippen molar-refractivity contribution in [3.05, 3.63) is 53.1 Å². The van der Waals surface area contributed by atoms with Crippen LogP contribution in [0.5, 0.6) is 0 Å². The molecule has 1 N–H and O–H groups in total. The molecule has 0 heterocycles. The van der Waals surface area contributed by atoms with Gasteiger partial charge in [-0.2, -0.15) is 4.99 Å². The Hall–Kier alpha value is -2.49. The molecule has 0 bridgehead atoms. The summed E-state index contributed by atoms with van der Waals surface area (Å²) in [6.07, 6.45) is 3.00. The summed E-state index contributed by atoms with van der Waals surface area (Å²) in [4.78, 5) is 27.3. The Morgan fingerprint density at radius 2 is 1.85 bits per heavy atom. The lowest BCUT2D eigenvalue weighted by molar-refractivity contribution is -0.111. The third-order valence-corrected chi connectivity index (χ3v) is 3.20. The lowest BCUT2D eigenvalue weighted by atomic mass is 9.97. The number of aryl methyl sites for hydroxylation is 1. The maximum Gasteiger partial charge on any atom is 0.345 e. The van der Waals surface area contributed by atoms with Crippen molar-refractivity contribution in [3.63, 3.8) is 0 Å². The molecule has 4 heteroatoms. The van der Waals surface area contributed by atoms with Crippen molar-refractivity contribution in [1.29, 1.82) is 0 Å². The quantitative estimate of drug-likeness (QED) is 0.793. The summed E-state index contributed by atoms with van der Waals surface area (Å²) in [5.74, 6) is -0.0412. The van der Waals surface area contributed by atoms with Gasteiger partial charge in [-0.15, -0.1) is 0 Å². The summed E-state index contributed by atoms with van der Waals surface area (Å²) in [7, 11) is 0. The highest BCUT2D eigenvalue weighted by molar-refractivity contribution is 6.23. The van der Waals surface area contributed by atoms with Gasteiger partial charge < -0.3 is 5.32 Å². The van der Waals surface area contributed by atoms with E-state index in [2.05, 4.69) is 10.3 Å². The van der Waals surface area contributed by atoms with E-state index in [0.29, 0.717) is 17.0 Å². The first kappa shape index (κ1) is 13.9. The molecule has 2 rings (SSSR count). The first-order valence-corrected chi connectivity index (χ1v) is 6.34. The molecule has 0 unspecified atom stereocenters. The highest BCUT2D eigenvalue weighted by atomic mass is 16.2. The van der Waals surface area contributed by atoms with Crippen LogP contribution >= 0.6 is 0 Å². The number of aliphatic imine (C=N–C) groups is 1. The second kappa shape index (κ2) is 5.65. The molecule has 4 nitrogen and oxygen atoms in total. The molecule has 0 saturated heterocycles. The second-order valence-electron chi connectivity index (χ2n) is 4.74. The van der Waals surface area contributed by atoms with E-state index >= 15 is 0 Å². The van der Waals surface area contributed by atoms with E-state index < -0.39 is 6.03 Å². The smallest absolute Gasteiger partial charge is 0.306 e. The van der Waals surface area contributed by atoms with E-state index in [1.54, 1.807) is 26.0 Å². The molecule has 1 aliphatic carbocycles. The van der Waals surface area contributed by atoms with Crippen LogP contribution in [0, 0.1) is 6.92 Å². The molecule has 20 heavy (non-hydrogen) atoms. The minimum atomic E-state index is -0.447. The number of hydrogen-bond acceptors (Lipinski definition) is 2. The molecule has 0 saturated carbocycles. The lowest BCUT2D eigenvalue weighted by Crippen LogP contribution is -2.15. The van der Waals surface area contributed by atoms with Crippen LogP contribution in [0.3, 0.4) is 0 Å². The molecule has 1 aromatic rings. The molecule has 0 spiro atoms. The molecule has 0 aromatic heterocycles. The SMILES string of the molecule is CC1=C(C)C(=NC(=O)Nc2cccc(C)c2)C=CC1=O. The minimum absolute atomic E-state index is 0.0412. The third kappa shape index (κ3) is 3.09. The van der Waals surface area contributed by atoms with Gasteiger partial charge >= 0.3 is 6.03 Å². The molecule has 0 radical (unpaired) electrons. The molecular weight excluding hydrogens is 252 g/mol. The first-order valence-electron chi connectivity index (χ1n) is 6.34. The molecular formula is C16H16N2O2. The van der Waals surface area contributed by atoms with Crippen molar-refractivity contribution in [1.82, 2.24) is 0 Å². The Balaban J connectivity index is 2.17. The Morgan fingerprint density at radius 1 is 1.10 bits per heavy atom. The number of nitrogens with one attached hydrogen (secondary N) is 1. The summed E-state index contributed by atoms with van der Waals surface area (Å²) >= 11 is 0. The van der Waals surface area contributed by atoms with Crippen LogP contribution in [0.2, 0.25) is 0 Å². The maximum absolute atomic E-state index is 11.9. The number of rotatable bonds is 1. The van der Waals surface area contributed by atoms with Crippen LogP contribution in [0.25, 0.3) is 0 Å². The number of benzene rings is 1. The number of nitrogens with zero attached hydrogens (tertiary/aromatic N) is 1. The van der Waals surface area contributed by atoms with Crippen molar-refractivity contribution in [2.75, 3.05) is 5.32 Å². The van der Waals surface area contributed by atoms with Crippen molar-refractivity contribution in [3.8, 4) is 0 Å². The van der Waals surface area contributed by atoms with Crippen molar-refractivity contribution >= 4 is 23.2 Å². The van der Waals surface area contributed by atoms with Gasteiger partial charge in [0.2, 0.25) is 0 Å². The molecule has 0 aliphatic heterocycles. The van der Waals surface area contributed by atoms with Gasteiger partial charge in [-0.1, -0.05) is 12.1 Å². The average molecular weight is 268 g/mol. The zero-order valence-electron chi connectivity index (χ0n) is 11.7. The number of anilines is 1. The summed E-state index contributed by atoms with van der Waals surface area (Å²) in [6.45, 7) is 5.47. The second-order valence-corrected chi connectivity index (χ2v) is 4.74. The van der Waals surface area contributed by atoms with E-state index in [9.17, 15) is 9.59 Å². The highest BCUT2D eigenvalue weighted by Crippen LogP contribution is 2.15. The standard InChI is InChI=1S/C16H16N2O2/c1-10-5-4-6-13(9-10)17-16(20)18-14-7-8-15(19)12(3)11(14)2/h4-9H,1-3H3,(H,17,20). The van der Waals surface area contributed by atoms with Gasteiger partial charge in [-0.25, -0.2) is 4.79 Å². The van der Waals surface area contributed by atoms with Crippen LogP contribution < -0.4 is 5.32 Å². The summed E-state index contributed by atoms with van der Waals surface area (Å²) in [5.41, 5.74) is 3.64. The highest BCUT2D eigenvalue weighted by Gasteiger charge is 2.15. The Labute approximate surface area is 117 Å². The molecule has 1 aromatic carbocycles. The number of carbonyl (C=O) groups is 2. The zero-order chi connectivity index (χ0) is 14.7. The normalized spacial score (nSPS) is 16.8.